The molecule has 1 saturated heterocycles. The van der Waals surface area contributed by atoms with Crippen LogP contribution < -0.4 is 15.5 Å². The van der Waals surface area contributed by atoms with Crippen LogP contribution in [0.4, 0.5) is 5.82 Å². The molecule has 2 fully saturated rings. The molecule has 2 heterocycles. The Morgan fingerprint density at radius 2 is 1.93 bits per heavy atom. The van der Waals surface area contributed by atoms with Crippen molar-refractivity contribution in [1.82, 2.24) is 15.6 Å². The van der Waals surface area contributed by atoms with Crippen molar-refractivity contribution in [2.24, 2.45) is 10.4 Å². The Kier molecular flexibility index (Phi) is 9.25. The fraction of sp³-hybridized carbons (Fsp3) is 0.750. The summed E-state index contributed by atoms with van der Waals surface area (Å²) in [5, 5.41) is 7.06. The van der Waals surface area contributed by atoms with E-state index in [2.05, 4.69) is 46.5 Å². The molecule has 0 spiro atoms. The van der Waals surface area contributed by atoms with Gasteiger partial charge in [-0.15, -0.1) is 0 Å². The third kappa shape index (κ3) is 6.86. The summed E-state index contributed by atoms with van der Waals surface area (Å²) in [7, 11) is 0. The lowest BCUT2D eigenvalue weighted by atomic mass is 9.83. The fourth-order valence-corrected chi connectivity index (χ4v) is 4.71. The molecule has 1 aliphatic carbocycles. The first-order valence-electron chi connectivity index (χ1n) is 12.0. The Balaban J connectivity index is 1.58. The Morgan fingerprint density at radius 3 is 2.67 bits per heavy atom. The van der Waals surface area contributed by atoms with Crippen LogP contribution in [-0.2, 0) is 11.3 Å². The van der Waals surface area contributed by atoms with E-state index < -0.39 is 0 Å². The molecule has 6 heteroatoms. The van der Waals surface area contributed by atoms with Gasteiger partial charge in [0.25, 0.3) is 0 Å². The number of rotatable bonds is 10. The number of nitrogens with zero attached hydrogens (tertiary/aromatic N) is 3. The summed E-state index contributed by atoms with van der Waals surface area (Å²) in [4.78, 5) is 11.9. The van der Waals surface area contributed by atoms with Crippen LogP contribution in [0.15, 0.2) is 23.3 Å². The predicted octanol–water partition coefficient (Wildman–Crippen LogP) is 4.11. The number of anilines is 1. The van der Waals surface area contributed by atoms with Gasteiger partial charge in [0.05, 0.1) is 6.54 Å². The van der Waals surface area contributed by atoms with Gasteiger partial charge in [0.1, 0.15) is 5.82 Å². The zero-order chi connectivity index (χ0) is 21.1. The average Bonchev–Trinajstić information content (AvgIpc) is 3.26. The van der Waals surface area contributed by atoms with E-state index in [1.54, 1.807) is 0 Å². The molecule has 1 aliphatic heterocycles. The zero-order valence-electron chi connectivity index (χ0n) is 19.1. The highest BCUT2D eigenvalue weighted by molar-refractivity contribution is 5.79. The first-order valence-corrected chi connectivity index (χ1v) is 12.0. The number of piperidine rings is 1. The first kappa shape index (κ1) is 22.9. The molecule has 0 bridgehead atoms. The van der Waals surface area contributed by atoms with E-state index in [-0.39, 0.29) is 0 Å². The first-order chi connectivity index (χ1) is 14.7. The maximum atomic E-state index is 5.66. The van der Waals surface area contributed by atoms with Crippen LogP contribution in [0.3, 0.4) is 0 Å². The van der Waals surface area contributed by atoms with Crippen LogP contribution >= 0.6 is 0 Å². The molecule has 168 valence electrons. The van der Waals surface area contributed by atoms with Crippen molar-refractivity contribution in [2.45, 2.75) is 71.8 Å². The van der Waals surface area contributed by atoms with Gasteiger partial charge < -0.3 is 20.3 Å². The van der Waals surface area contributed by atoms with E-state index in [9.17, 15) is 0 Å². The van der Waals surface area contributed by atoms with Crippen molar-refractivity contribution < 1.29 is 4.74 Å². The maximum absolute atomic E-state index is 5.66. The zero-order valence-corrected chi connectivity index (χ0v) is 19.1. The minimum absolute atomic E-state index is 0.351. The quantitative estimate of drug-likeness (QED) is 0.342. The number of aliphatic imine (C=N–C) groups is 1. The number of guanidine groups is 1. The van der Waals surface area contributed by atoms with E-state index in [1.807, 2.05) is 6.20 Å². The second-order valence-electron chi connectivity index (χ2n) is 8.77. The number of aromatic nitrogens is 1. The molecular formula is C24H41N5O. The third-order valence-electron chi connectivity index (χ3n) is 6.53. The van der Waals surface area contributed by atoms with Crippen LogP contribution in [0.1, 0.15) is 70.8 Å². The minimum Gasteiger partial charge on any atom is -0.382 e. The maximum Gasteiger partial charge on any atom is 0.191 e. The minimum atomic E-state index is 0.351. The molecule has 2 aliphatic rings. The monoisotopic (exact) mass is 415 g/mol. The van der Waals surface area contributed by atoms with Crippen LogP contribution in [0.2, 0.25) is 0 Å². The largest absolute Gasteiger partial charge is 0.382 e. The van der Waals surface area contributed by atoms with Gasteiger partial charge in [0.15, 0.2) is 5.96 Å². The number of hydrogen-bond donors (Lipinski definition) is 2. The standard InChI is InChI=1S/C24H41N5O/c1-3-25-23(28-20-24(11-6-7-12-24)13-17-30-4-2)27-19-21-10-14-26-22(18-21)29-15-8-5-9-16-29/h10,14,18H,3-9,11-13,15-17,19-20H2,1-2H3,(H2,25,27,28). The summed E-state index contributed by atoms with van der Waals surface area (Å²) in [6, 6.07) is 4.29. The van der Waals surface area contributed by atoms with Crippen LogP contribution in [0.5, 0.6) is 0 Å². The summed E-state index contributed by atoms with van der Waals surface area (Å²) in [5.41, 5.74) is 1.57. The molecule has 3 rings (SSSR count). The summed E-state index contributed by atoms with van der Waals surface area (Å²) in [5.74, 6) is 2.01. The highest BCUT2D eigenvalue weighted by Crippen LogP contribution is 2.40. The molecule has 0 amide bonds. The number of ether oxygens (including phenoxy) is 1. The molecule has 1 saturated carbocycles. The van der Waals surface area contributed by atoms with E-state index in [0.29, 0.717) is 12.0 Å². The number of hydrogen-bond acceptors (Lipinski definition) is 4. The van der Waals surface area contributed by atoms with E-state index in [4.69, 9.17) is 9.73 Å². The topological polar surface area (TPSA) is 61.8 Å². The van der Waals surface area contributed by atoms with Crippen LogP contribution in [-0.4, -0.2) is 50.3 Å². The Labute approximate surface area is 182 Å². The average molecular weight is 416 g/mol. The Morgan fingerprint density at radius 1 is 1.13 bits per heavy atom. The molecule has 0 aromatic carbocycles. The lowest BCUT2D eigenvalue weighted by Gasteiger charge is -2.30. The molecule has 0 unspecified atom stereocenters. The van der Waals surface area contributed by atoms with Crippen molar-refractivity contribution in [3.63, 3.8) is 0 Å². The lowest BCUT2D eigenvalue weighted by molar-refractivity contribution is 0.105. The van der Waals surface area contributed by atoms with E-state index in [1.165, 1.54) is 50.5 Å². The summed E-state index contributed by atoms with van der Waals surface area (Å²) < 4.78 is 5.66. The molecule has 2 N–H and O–H groups in total. The number of pyridine rings is 1. The van der Waals surface area contributed by atoms with Crippen molar-refractivity contribution in [2.75, 3.05) is 44.3 Å². The molecule has 1 aromatic heterocycles. The molecule has 30 heavy (non-hydrogen) atoms. The van der Waals surface area contributed by atoms with Gasteiger partial charge in [-0.3, -0.25) is 0 Å². The number of nitrogens with one attached hydrogen (secondary N) is 2. The molecule has 0 atom stereocenters. The molecule has 0 radical (unpaired) electrons. The summed E-state index contributed by atoms with van der Waals surface area (Å²) in [6.45, 7) is 10.6. The van der Waals surface area contributed by atoms with Crippen molar-refractivity contribution in [3.8, 4) is 0 Å². The van der Waals surface area contributed by atoms with E-state index in [0.717, 1.165) is 57.6 Å². The fourth-order valence-electron chi connectivity index (χ4n) is 4.71. The van der Waals surface area contributed by atoms with Crippen LogP contribution in [0.25, 0.3) is 0 Å². The van der Waals surface area contributed by atoms with Gasteiger partial charge in [-0.25, -0.2) is 9.98 Å². The van der Waals surface area contributed by atoms with Crippen molar-refractivity contribution in [3.05, 3.63) is 23.9 Å². The normalized spacial score (nSPS) is 19.1. The van der Waals surface area contributed by atoms with Crippen molar-refractivity contribution in [1.29, 1.82) is 0 Å². The summed E-state index contributed by atoms with van der Waals surface area (Å²) >= 11 is 0. The predicted molar refractivity (Wildman–Crippen MR) is 125 cm³/mol. The molecular weight excluding hydrogens is 374 g/mol. The Hall–Kier alpha value is -1.82. The second kappa shape index (κ2) is 12.1. The van der Waals surface area contributed by atoms with Crippen molar-refractivity contribution >= 4 is 11.8 Å². The third-order valence-corrected chi connectivity index (χ3v) is 6.53. The molecule has 1 aromatic rings. The highest BCUT2D eigenvalue weighted by Gasteiger charge is 2.33. The van der Waals surface area contributed by atoms with Gasteiger partial charge in [-0.1, -0.05) is 12.8 Å². The summed E-state index contributed by atoms with van der Waals surface area (Å²) in [6.07, 6.45) is 12.2. The van der Waals surface area contributed by atoms with E-state index >= 15 is 0 Å². The van der Waals surface area contributed by atoms with Gasteiger partial charge in [0.2, 0.25) is 0 Å². The smallest absolute Gasteiger partial charge is 0.191 e. The van der Waals surface area contributed by atoms with Gasteiger partial charge >= 0.3 is 0 Å². The lowest BCUT2D eigenvalue weighted by Crippen LogP contribution is -2.43. The van der Waals surface area contributed by atoms with Gasteiger partial charge in [-0.2, -0.15) is 0 Å². The van der Waals surface area contributed by atoms with Gasteiger partial charge in [0, 0.05) is 45.6 Å². The molecule has 6 nitrogen and oxygen atoms in total. The SMILES string of the molecule is CCNC(=NCc1ccnc(N2CCCCC2)c1)NCC1(CCOCC)CCCC1. The second-order valence-corrected chi connectivity index (χ2v) is 8.77. The highest BCUT2D eigenvalue weighted by atomic mass is 16.5. The van der Waals surface area contributed by atoms with Gasteiger partial charge in [-0.05, 0) is 75.5 Å². The Bertz CT molecular complexity index is 651. The van der Waals surface area contributed by atoms with Crippen LogP contribution in [0, 0.1) is 5.41 Å².